The molecule has 1 rings (SSSR count). The number of carbonyl (C=O) groups excluding carboxylic acids is 1. The topological polar surface area (TPSA) is 82.5 Å². The summed E-state index contributed by atoms with van der Waals surface area (Å²) in [5.74, 6) is -0.301. The number of aliphatic carboxylic acids is 1. The van der Waals surface area contributed by atoms with Crippen LogP contribution in [0.2, 0.25) is 0 Å². The first-order valence-corrected chi connectivity index (χ1v) is 6.06. The number of aromatic nitrogens is 1. The summed E-state index contributed by atoms with van der Waals surface area (Å²) in [6.45, 7) is 0.226. The molecule has 0 aromatic carbocycles. The SMILES string of the molecule is CNc1ncc(Br)cc1CN(CC=O)CC(=O)O. The number of nitrogens with one attached hydrogen (secondary N) is 1. The zero-order valence-electron chi connectivity index (χ0n) is 9.89. The summed E-state index contributed by atoms with van der Waals surface area (Å²) in [5, 5.41) is 11.7. The highest BCUT2D eigenvalue weighted by Gasteiger charge is 2.13. The average molecular weight is 316 g/mol. The number of hydrogen-bond donors (Lipinski definition) is 2. The van der Waals surface area contributed by atoms with Gasteiger partial charge in [-0.1, -0.05) is 0 Å². The molecule has 0 saturated heterocycles. The summed E-state index contributed by atoms with van der Waals surface area (Å²) < 4.78 is 0.804. The molecule has 0 spiro atoms. The van der Waals surface area contributed by atoms with Gasteiger partial charge in [-0.3, -0.25) is 9.69 Å². The van der Waals surface area contributed by atoms with Crippen molar-refractivity contribution in [1.82, 2.24) is 9.88 Å². The highest BCUT2D eigenvalue weighted by molar-refractivity contribution is 9.10. The molecular formula is C11H14BrN3O3. The normalized spacial score (nSPS) is 10.4. The molecule has 0 unspecified atom stereocenters. The van der Waals surface area contributed by atoms with Gasteiger partial charge in [0.05, 0.1) is 13.1 Å². The minimum atomic E-state index is -0.967. The van der Waals surface area contributed by atoms with Gasteiger partial charge in [-0.05, 0) is 22.0 Å². The maximum absolute atomic E-state index is 10.7. The third-order valence-electron chi connectivity index (χ3n) is 2.26. The highest BCUT2D eigenvalue weighted by atomic mass is 79.9. The van der Waals surface area contributed by atoms with Gasteiger partial charge in [0, 0.05) is 29.8 Å². The van der Waals surface area contributed by atoms with Crippen molar-refractivity contribution in [2.45, 2.75) is 6.54 Å². The first-order chi connectivity index (χ1) is 8.56. The molecule has 98 valence electrons. The van der Waals surface area contributed by atoms with Crippen LogP contribution in [-0.4, -0.2) is 47.4 Å². The quantitative estimate of drug-likeness (QED) is 0.730. The molecule has 2 N–H and O–H groups in total. The molecule has 0 aliphatic carbocycles. The summed E-state index contributed by atoms with van der Waals surface area (Å²) in [5.41, 5.74) is 0.829. The lowest BCUT2D eigenvalue weighted by atomic mass is 10.2. The molecule has 0 aliphatic rings. The second kappa shape index (κ2) is 7.07. The van der Waals surface area contributed by atoms with E-state index in [1.54, 1.807) is 13.2 Å². The number of nitrogens with zero attached hydrogens (tertiary/aromatic N) is 2. The van der Waals surface area contributed by atoms with E-state index in [4.69, 9.17) is 5.11 Å². The standard InChI is InChI=1S/C11H14BrN3O3/c1-13-11-8(4-9(12)5-14-11)6-15(2-3-16)7-10(17)18/h3-5H,2,6-7H2,1H3,(H,13,14)(H,17,18). The van der Waals surface area contributed by atoms with Gasteiger partial charge >= 0.3 is 5.97 Å². The molecule has 0 amide bonds. The van der Waals surface area contributed by atoms with Crippen LogP contribution in [0, 0.1) is 0 Å². The molecule has 6 nitrogen and oxygen atoms in total. The minimum absolute atomic E-state index is 0.0714. The smallest absolute Gasteiger partial charge is 0.317 e. The number of rotatable bonds is 7. The molecule has 0 fully saturated rings. The Morgan fingerprint density at radius 1 is 1.67 bits per heavy atom. The number of pyridine rings is 1. The fourth-order valence-electron chi connectivity index (χ4n) is 1.55. The van der Waals surface area contributed by atoms with E-state index < -0.39 is 5.97 Å². The van der Waals surface area contributed by atoms with Crippen LogP contribution in [-0.2, 0) is 16.1 Å². The van der Waals surface area contributed by atoms with Crippen molar-refractivity contribution in [3.05, 3.63) is 22.3 Å². The number of anilines is 1. The highest BCUT2D eigenvalue weighted by Crippen LogP contribution is 2.19. The number of carboxylic acid groups (broad SMARTS) is 1. The lowest BCUT2D eigenvalue weighted by Gasteiger charge is -2.19. The van der Waals surface area contributed by atoms with E-state index in [0.717, 1.165) is 10.0 Å². The van der Waals surface area contributed by atoms with Crippen LogP contribution in [0.4, 0.5) is 5.82 Å². The fraction of sp³-hybridized carbons (Fsp3) is 0.364. The van der Waals surface area contributed by atoms with Crippen molar-refractivity contribution in [1.29, 1.82) is 0 Å². The Morgan fingerprint density at radius 2 is 2.39 bits per heavy atom. The monoisotopic (exact) mass is 315 g/mol. The van der Waals surface area contributed by atoms with Gasteiger partial charge in [0.1, 0.15) is 12.1 Å². The van der Waals surface area contributed by atoms with Gasteiger partial charge in [-0.15, -0.1) is 0 Å². The molecule has 0 radical (unpaired) electrons. The number of aldehydes is 1. The molecular weight excluding hydrogens is 302 g/mol. The number of hydrogen-bond acceptors (Lipinski definition) is 5. The molecule has 1 heterocycles. The van der Waals surface area contributed by atoms with E-state index in [2.05, 4.69) is 26.2 Å². The third kappa shape index (κ3) is 4.42. The predicted molar refractivity (Wildman–Crippen MR) is 70.5 cm³/mol. The molecule has 0 saturated carbocycles. The molecule has 18 heavy (non-hydrogen) atoms. The predicted octanol–water partition coefficient (Wildman–Crippen LogP) is 0.971. The van der Waals surface area contributed by atoms with Crippen molar-refractivity contribution >= 4 is 34.0 Å². The summed E-state index contributed by atoms with van der Waals surface area (Å²) >= 11 is 3.31. The Balaban J connectivity index is 2.87. The van der Waals surface area contributed by atoms with Gasteiger partial charge in [0.25, 0.3) is 0 Å². The number of halogens is 1. The first kappa shape index (κ1) is 14.6. The second-order valence-electron chi connectivity index (χ2n) is 3.64. The molecule has 0 aliphatic heterocycles. The van der Waals surface area contributed by atoms with Crippen LogP contribution in [0.3, 0.4) is 0 Å². The second-order valence-corrected chi connectivity index (χ2v) is 4.56. The van der Waals surface area contributed by atoms with Crippen molar-refractivity contribution in [2.24, 2.45) is 0 Å². The Kier molecular flexibility index (Phi) is 5.73. The molecule has 0 bridgehead atoms. The van der Waals surface area contributed by atoms with E-state index in [1.807, 2.05) is 6.07 Å². The Hall–Kier alpha value is -1.47. The van der Waals surface area contributed by atoms with Gasteiger partial charge in [0.2, 0.25) is 0 Å². The first-order valence-electron chi connectivity index (χ1n) is 5.26. The molecule has 0 atom stereocenters. The van der Waals surface area contributed by atoms with Gasteiger partial charge in [-0.2, -0.15) is 0 Å². The van der Waals surface area contributed by atoms with Gasteiger partial charge < -0.3 is 15.2 Å². The summed E-state index contributed by atoms with van der Waals surface area (Å²) in [7, 11) is 1.74. The fourth-order valence-corrected chi connectivity index (χ4v) is 1.93. The maximum Gasteiger partial charge on any atom is 0.317 e. The van der Waals surface area contributed by atoms with E-state index in [0.29, 0.717) is 18.6 Å². The van der Waals surface area contributed by atoms with E-state index in [1.165, 1.54) is 4.90 Å². The minimum Gasteiger partial charge on any atom is -0.480 e. The summed E-state index contributed by atoms with van der Waals surface area (Å²) in [6.07, 6.45) is 2.34. The van der Waals surface area contributed by atoms with Crippen molar-refractivity contribution in [3.8, 4) is 0 Å². The maximum atomic E-state index is 10.7. The largest absolute Gasteiger partial charge is 0.480 e. The zero-order chi connectivity index (χ0) is 13.5. The van der Waals surface area contributed by atoms with Crippen molar-refractivity contribution in [3.63, 3.8) is 0 Å². The van der Waals surface area contributed by atoms with Crippen molar-refractivity contribution < 1.29 is 14.7 Å². The summed E-state index contributed by atoms with van der Waals surface area (Å²) in [6, 6.07) is 1.85. The third-order valence-corrected chi connectivity index (χ3v) is 2.69. The van der Waals surface area contributed by atoms with Crippen LogP contribution < -0.4 is 5.32 Å². The van der Waals surface area contributed by atoms with Crippen LogP contribution in [0.25, 0.3) is 0 Å². The van der Waals surface area contributed by atoms with E-state index >= 15 is 0 Å². The number of carboxylic acids is 1. The molecule has 1 aromatic heterocycles. The Bertz CT molecular complexity index is 440. The van der Waals surface area contributed by atoms with Crippen LogP contribution in [0.15, 0.2) is 16.7 Å². The van der Waals surface area contributed by atoms with Crippen LogP contribution in [0.5, 0.6) is 0 Å². The van der Waals surface area contributed by atoms with E-state index in [-0.39, 0.29) is 13.1 Å². The lowest BCUT2D eigenvalue weighted by Crippen LogP contribution is -2.31. The van der Waals surface area contributed by atoms with Crippen LogP contribution >= 0.6 is 15.9 Å². The van der Waals surface area contributed by atoms with Gasteiger partial charge in [0.15, 0.2) is 0 Å². The molecule has 7 heteroatoms. The Labute approximate surface area is 113 Å². The number of carbonyl (C=O) groups is 2. The molecule has 1 aromatic rings. The van der Waals surface area contributed by atoms with E-state index in [9.17, 15) is 9.59 Å². The average Bonchev–Trinajstić information content (AvgIpc) is 2.28. The summed E-state index contributed by atoms with van der Waals surface area (Å²) in [4.78, 5) is 26.9. The van der Waals surface area contributed by atoms with Crippen LogP contribution in [0.1, 0.15) is 5.56 Å². The lowest BCUT2D eigenvalue weighted by molar-refractivity contribution is -0.138. The Morgan fingerprint density at radius 3 is 2.94 bits per heavy atom. The van der Waals surface area contributed by atoms with Crippen molar-refractivity contribution in [2.75, 3.05) is 25.5 Å². The zero-order valence-corrected chi connectivity index (χ0v) is 11.5. The van der Waals surface area contributed by atoms with Gasteiger partial charge in [-0.25, -0.2) is 4.98 Å².